The number of hydrogen-bond acceptors (Lipinski definition) is 3. The van der Waals surface area contributed by atoms with E-state index in [-0.39, 0.29) is 23.2 Å². The van der Waals surface area contributed by atoms with E-state index < -0.39 is 0 Å². The van der Waals surface area contributed by atoms with Gasteiger partial charge in [-0.1, -0.05) is 19.9 Å². The third-order valence-electron chi connectivity index (χ3n) is 4.02. The number of likely N-dealkylation sites (N-methyl/N-ethyl adjacent to an activating group) is 1. The highest BCUT2D eigenvalue weighted by atomic mass is 19.1. The largest absolute Gasteiger partial charge is 0.494 e. The van der Waals surface area contributed by atoms with Crippen LogP contribution in [-0.2, 0) is 11.2 Å². The van der Waals surface area contributed by atoms with E-state index in [0.29, 0.717) is 6.61 Å². The van der Waals surface area contributed by atoms with E-state index in [1.54, 1.807) is 12.1 Å². The molecule has 0 aliphatic carbocycles. The quantitative estimate of drug-likeness (QED) is 0.756. The number of halogens is 1. The summed E-state index contributed by atoms with van der Waals surface area (Å²) in [6.07, 6.45) is 1.62. The van der Waals surface area contributed by atoms with Crippen LogP contribution in [0.3, 0.4) is 0 Å². The lowest BCUT2D eigenvalue weighted by Gasteiger charge is -2.37. The van der Waals surface area contributed by atoms with Crippen LogP contribution in [-0.4, -0.2) is 31.9 Å². The molecule has 21 heavy (non-hydrogen) atoms. The molecule has 0 aromatic heterocycles. The van der Waals surface area contributed by atoms with Crippen LogP contribution in [0.1, 0.15) is 39.7 Å². The van der Waals surface area contributed by atoms with Gasteiger partial charge in [-0.25, -0.2) is 4.39 Å². The molecule has 2 atom stereocenters. The molecule has 120 valence electrons. The first-order chi connectivity index (χ1) is 10.0. The topological polar surface area (TPSA) is 30.5 Å². The molecule has 0 amide bonds. The molecule has 1 aromatic rings. The maximum Gasteiger partial charge on any atom is 0.165 e. The minimum absolute atomic E-state index is 0.139. The van der Waals surface area contributed by atoms with E-state index >= 15 is 0 Å². The first-order valence-corrected chi connectivity index (χ1v) is 7.70. The molecule has 1 N–H and O–H groups in total. The van der Waals surface area contributed by atoms with Gasteiger partial charge in [-0.15, -0.1) is 0 Å². The van der Waals surface area contributed by atoms with Crippen molar-refractivity contribution < 1.29 is 13.9 Å². The van der Waals surface area contributed by atoms with Crippen LogP contribution in [0.4, 0.5) is 4.39 Å². The van der Waals surface area contributed by atoms with Gasteiger partial charge in [0.1, 0.15) is 0 Å². The summed E-state index contributed by atoms with van der Waals surface area (Å²) in [6.45, 7) is 9.83. The van der Waals surface area contributed by atoms with E-state index in [9.17, 15) is 4.39 Å². The van der Waals surface area contributed by atoms with Gasteiger partial charge < -0.3 is 14.8 Å². The summed E-state index contributed by atoms with van der Waals surface area (Å²) < 4.78 is 24.8. The van der Waals surface area contributed by atoms with Crippen LogP contribution in [0.2, 0.25) is 0 Å². The smallest absolute Gasteiger partial charge is 0.165 e. The fourth-order valence-electron chi connectivity index (χ4n) is 2.60. The van der Waals surface area contributed by atoms with Crippen LogP contribution in [0, 0.1) is 5.82 Å². The molecule has 0 heterocycles. The molecular weight excluding hydrogens is 269 g/mol. The molecule has 0 spiro atoms. The maximum atomic E-state index is 13.8. The van der Waals surface area contributed by atoms with Gasteiger partial charge in [-0.3, -0.25) is 0 Å². The SMILES string of the molecule is CCNC(Cc1ccc(OC)c(F)c1)C(C)(CC)OCC. The third kappa shape index (κ3) is 4.68. The van der Waals surface area contributed by atoms with Crippen molar-refractivity contribution in [3.8, 4) is 5.75 Å². The highest BCUT2D eigenvalue weighted by molar-refractivity contribution is 5.30. The van der Waals surface area contributed by atoms with Crippen molar-refractivity contribution >= 4 is 0 Å². The standard InChI is InChI=1S/C17H28FNO2/c1-6-17(4,21-8-3)16(19-7-2)12-13-9-10-15(20-5)14(18)11-13/h9-11,16,19H,6-8,12H2,1-5H3. The summed E-state index contributed by atoms with van der Waals surface area (Å²) >= 11 is 0. The van der Waals surface area contributed by atoms with E-state index in [2.05, 4.69) is 26.1 Å². The molecule has 3 nitrogen and oxygen atoms in total. The average Bonchev–Trinajstić information content (AvgIpc) is 2.47. The fraction of sp³-hybridized carbons (Fsp3) is 0.647. The van der Waals surface area contributed by atoms with Crippen LogP contribution in [0.25, 0.3) is 0 Å². The Morgan fingerprint density at radius 3 is 2.48 bits per heavy atom. The van der Waals surface area contributed by atoms with Gasteiger partial charge in [0.25, 0.3) is 0 Å². The van der Waals surface area contributed by atoms with Gasteiger partial charge in [0.05, 0.1) is 12.7 Å². The molecule has 2 unspecified atom stereocenters. The van der Waals surface area contributed by atoms with Crippen molar-refractivity contribution in [1.82, 2.24) is 5.32 Å². The molecule has 0 radical (unpaired) electrons. The monoisotopic (exact) mass is 297 g/mol. The van der Waals surface area contributed by atoms with E-state index in [4.69, 9.17) is 9.47 Å². The Bertz CT molecular complexity index is 439. The Morgan fingerprint density at radius 1 is 1.29 bits per heavy atom. The molecule has 0 aliphatic heterocycles. The van der Waals surface area contributed by atoms with E-state index in [1.807, 2.05) is 13.0 Å². The van der Waals surface area contributed by atoms with Crippen LogP contribution < -0.4 is 10.1 Å². The van der Waals surface area contributed by atoms with Crippen LogP contribution in [0.15, 0.2) is 18.2 Å². The predicted octanol–water partition coefficient (Wildman–Crippen LogP) is 3.56. The Morgan fingerprint density at radius 2 is 2.00 bits per heavy atom. The summed E-state index contributed by atoms with van der Waals surface area (Å²) in [7, 11) is 1.47. The summed E-state index contributed by atoms with van der Waals surface area (Å²) in [6, 6.07) is 5.28. The maximum absolute atomic E-state index is 13.8. The molecule has 1 aromatic carbocycles. The molecule has 0 aliphatic rings. The lowest BCUT2D eigenvalue weighted by Crippen LogP contribution is -2.51. The molecule has 4 heteroatoms. The Hall–Kier alpha value is -1.13. The van der Waals surface area contributed by atoms with Gasteiger partial charge in [0.15, 0.2) is 11.6 Å². The van der Waals surface area contributed by atoms with E-state index in [1.165, 1.54) is 7.11 Å². The predicted molar refractivity (Wildman–Crippen MR) is 84.4 cm³/mol. The van der Waals surface area contributed by atoms with Crippen molar-refractivity contribution in [2.24, 2.45) is 0 Å². The second-order valence-corrected chi connectivity index (χ2v) is 5.38. The number of methoxy groups -OCH3 is 1. The lowest BCUT2D eigenvalue weighted by molar-refractivity contribution is -0.0547. The van der Waals surface area contributed by atoms with Crippen molar-refractivity contribution in [3.05, 3.63) is 29.6 Å². The number of benzene rings is 1. The van der Waals surface area contributed by atoms with Crippen molar-refractivity contribution in [1.29, 1.82) is 0 Å². The highest BCUT2D eigenvalue weighted by Gasteiger charge is 2.32. The van der Waals surface area contributed by atoms with E-state index in [0.717, 1.165) is 24.9 Å². The molecule has 0 bridgehead atoms. The second kappa shape index (κ2) is 8.35. The Kier molecular flexibility index (Phi) is 7.12. The summed E-state index contributed by atoms with van der Waals surface area (Å²) in [5, 5.41) is 3.48. The van der Waals surface area contributed by atoms with Gasteiger partial charge in [0.2, 0.25) is 0 Å². The van der Waals surface area contributed by atoms with Crippen LogP contribution in [0.5, 0.6) is 5.75 Å². The van der Waals surface area contributed by atoms with Gasteiger partial charge >= 0.3 is 0 Å². The van der Waals surface area contributed by atoms with Gasteiger partial charge in [-0.05, 0) is 50.9 Å². The molecular formula is C17H28FNO2. The first-order valence-electron chi connectivity index (χ1n) is 7.70. The fourth-order valence-corrected chi connectivity index (χ4v) is 2.60. The van der Waals surface area contributed by atoms with Crippen molar-refractivity contribution in [3.63, 3.8) is 0 Å². The molecule has 0 saturated carbocycles. The second-order valence-electron chi connectivity index (χ2n) is 5.38. The normalized spacial score (nSPS) is 15.5. The summed E-state index contributed by atoms with van der Waals surface area (Å²) in [5.74, 6) is -0.0401. The summed E-state index contributed by atoms with van der Waals surface area (Å²) in [5.41, 5.74) is 0.680. The van der Waals surface area contributed by atoms with Gasteiger partial charge in [0, 0.05) is 12.6 Å². The summed E-state index contributed by atoms with van der Waals surface area (Å²) in [4.78, 5) is 0. The zero-order chi connectivity index (χ0) is 15.9. The molecule has 0 saturated heterocycles. The number of nitrogens with one attached hydrogen (secondary N) is 1. The number of rotatable bonds is 9. The minimum Gasteiger partial charge on any atom is -0.494 e. The van der Waals surface area contributed by atoms with Crippen molar-refractivity contribution in [2.45, 2.75) is 52.2 Å². The zero-order valence-corrected chi connectivity index (χ0v) is 13.8. The first kappa shape index (κ1) is 17.9. The number of ether oxygens (including phenoxy) is 2. The highest BCUT2D eigenvalue weighted by Crippen LogP contribution is 2.25. The Labute approximate surface area is 127 Å². The van der Waals surface area contributed by atoms with Crippen LogP contribution >= 0.6 is 0 Å². The average molecular weight is 297 g/mol. The minimum atomic E-state index is -0.320. The van der Waals surface area contributed by atoms with Crippen molar-refractivity contribution in [2.75, 3.05) is 20.3 Å². The third-order valence-corrected chi connectivity index (χ3v) is 4.02. The lowest BCUT2D eigenvalue weighted by atomic mass is 9.88. The number of hydrogen-bond donors (Lipinski definition) is 1. The molecule has 1 rings (SSSR count). The molecule has 0 fully saturated rings. The zero-order valence-electron chi connectivity index (χ0n) is 13.8. The Balaban J connectivity index is 2.94. The van der Waals surface area contributed by atoms with Gasteiger partial charge in [-0.2, -0.15) is 0 Å².